The van der Waals surface area contributed by atoms with E-state index in [1.165, 1.54) is 5.56 Å². The van der Waals surface area contributed by atoms with Crippen molar-refractivity contribution in [1.29, 1.82) is 0 Å². The molecule has 2 aromatic rings. The SMILES string of the molecule is Nc1ccc(NC(=O)OCCCc2ccccc2)cc1. The van der Waals surface area contributed by atoms with Gasteiger partial charge in [-0.15, -0.1) is 0 Å². The van der Waals surface area contributed by atoms with Crippen molar-refractivity contribution in [2.75, 3.05) is 17.7 Å². The summed E-state index contributed by atoms with van der Waals surface area (Å²) in [7, 11) is 0. The number of nitrogens with one attached hydrogen (secondary N) is 1. The Morgan fingerprint density at radius 1 is 1.05 bits per heavy atom. The fourth-order valence-electron chi connectivity index (χ4n) is 1.81. The first-order chi connectivity index (χ1) is 9.74. The first kappa shape index (κ1) is 13.9. The second-order valence-electron chi connectivity index (χ2n) is 4.47. The second-order valence-corrected chi connectivity index (χ2v) is 4.47. The standard InChI is InChI=1S/C16H18N2O2/c17-14-8-10-15(11-9-14)18-16(19)20-12-4-7-13-5-2-1-3-6-13/h1-3,5-6,8-11H,4,7,12,17H2,(H,18,19). The fraction of sp³-hybridized carbons (Fsp3) is 0.188. The molecular formula is C16H18N2O2. The average molecular weight is 270 g/mol. The molecule has 0 fully saturated rings. The summed E-state index contributed by atoms with van der Waals surface area (Å²) < 4.78 is 5.12. The van der Waals surface area contributed by atoms with Gasteiger partial charge in [-0.25, -0.2) is 4.79 Å². The molecule has 20 heavy (non-hydrogen) atoms. The third-order valence-corrected chi connectivity index (χ3v) is 2.84. The van der Waals surface area contributed by atoms with Gasteiger partial charge in [0, 0.05) is 11.4 Å². The van der Waals surface area contributed by atoms with Crippen molar-refractivity contribution in [2.24, 2.45) is 0 Å². The van der Waals surface area contributed by atoms with E-state index in [0.29, 0.717) is 18.0 Å². The molecule has 3 N–H and O–H groups in total. The van der Waals surface area contributed by atoms with Crippen LogP contribution in [0.15, 0.2) is 54.6 Å². The predicted octanol–water partition coefficient (Wildman–Crippen LogP) is 3.45. The number of hydrogen-bond donors (Lipinski definition) is 2. The van der Waals surface area contributed by atoms with Crippen LogP contribution in [0.1, 0.15) is 12.0 Å². The largest absolute Gasteiger partial charge is 0.449 e. The van der Waals surface area contributed by atoms with Crippen molar-refractivity contribution in [2.45, 2.75) is 12.8 Å². The van der Waals surface area contributed by atoms with E-state index in [1.54, 1.807) is 24.3 Å². The van der Waals surface area contributed by atoms with Crippen molar-refractivity contribution >= 4 is 17.5 Å². The van der Waals surface area contributed by atoms with E-state index in [1.807, 2.05) is 18.2 Å². The Labute approximate surface area is 118 Å². The van der Waals surface area contributed by atoms with Gasteiger partial charge in [-0.2, -0.15) is 0 Å². The second kappa shape index (κ2) is 7.19. The molecule has 0 saturated heterocycles. The van der Waals surface area contributed by atoms with E-state index in [-0.39, 0.29) is 0 Å². The van der Waals surface area contributed by atoms with Gasteiger partial charge in [-0.1, -0.05) is 30.3 Å². The van der Waals surface area contributed by atoms with Crippen LogP contribution in [0.2, 0.25) is 0 Å². The molecule has 0 aliphatic heterocycles. The van der Waals surface area contributed by atoms with Crippen molar-refractivity contribution in [3.05, 3.63) is 60.2 Å². The van der Waals surface area contributed by atoms with Crippen LogP contribution < -0.4 is 11.1 Å². The maximum atomic E-state index is 11.5. The first-order valence-electron chi connectivity index (χ1n) is 6.57. The molecule has 0 bridgehead atoms. The highest BCUT2D eigenvalue weighted by Crippen LogP contribution is 2.10. The van der Waals surface area contributed by atoms with Gasteiger partial charge in [0.15, 0.2) is 0 Å². The number of amides is 1. The summed E-state index contributed by atoms with van der Waals surface area (Å²) >= 11 is 0. The number of benzene rings is 2. The monoisotopic (exact) mass is 270 g/mol. The van der Waals surface area contributed by atoms with Crippen LogP contribution in [0.3, 0.4) is 0 Å². The summed E-state index contributed by atoms with van der Waals surface area (Å²) in [6.45, 7) is 0.399. The summed E-state index contributed by atoms with van der Waals surface area (Å²) in [5.41, 5.74) is 8.14. The fourth-order valence-corrected chi connectivity index (χ4v) is 1.81. The smallest absolute Gasteiger partial charge is 0.411 e. The van der Waals surface area contributed by atoms with Crippen molar-refractivity contribution in [3.63, 3.8) is 0 Å². The number of rotatable bonds is 5. The molecule has 2 rings (SSSR count). The third kappa shape index (κ3) is 4.65. The van der Waals surface area contributed by atoms with Crippen molar-refractivity contribution in [1.82, 2.24) is 0 Å². The van der Waals surface area contributed by atoms with Crippen LogP contribution in [0.5, 0.6) is 0 Å². The Bertz CT molecular complexity index is 538. The average Bonchev–Trinajstić information content (AvgIpc) is 2.47. The Morgan fingerprint density at radius 3 is 2.45 bits per heavy atom. The quantitative estimate of drug-likeness (QED) is 0.646. The molecule has 0 aliphatic rings. The molecular weight excluding hydrogens is 252 g/mol. The zero-order chi connectivity index (χ0) is 14.2. The molecule has 4 heteroatoms. The minimum atomic E-state index is -0.442. The summed E-state index contributed by atoms with van der Waals surface area (Å²) in [6, 6.07) is 17.0. The predicted molar refractivity (Wildman–Crippen MR) is 80.6 cm³/mol. The summed E-state index contributed by atoms with van der Waals surface area (Å²) in [6.07, 6.45) is 1.26. The lowest BCUT2D eigenvalue weighted by atomic mass is 10.1. The minimum Gasteiger partial charge on any atom is -0.449 e. The van der Waals surface area contributed by atoms with Gasteiger partial charge in [0.2, 0.25) is 0 Å². The summed E-state index contributed by atoms with van der Waals surface area (Å²) in [5, 5.41) is 2.65. The van der Waals surface area contributed by atoms with Crippen LogP contribution >= 0.6 is 0 Å². The lowest BCUT2D eigenvalue weighted by Gasteiger charge is -2.07. The lowest BCUT2D eigenvalue weighted by Crippen LogP contribution is -2.14. The Balaban J connectivity index is 1.66. The van der Waals surface area contributed by atoms with Crippen LogP contribution in [-0.4, -0.2) is 12.7 Å². The molecule has 4 nitrogen and oxygen atoms in total. The number of anilines is 2. The molecule has 1 amide bonds. The summed E-state index contributed by atoms with van der Waals surface area (Å²) in [5.74, 6) is 0. The van der Waals surface area contributed by atoms with Crippen LogP contribution in [-0.2, 0) is 11.2 Å². The van der Waals surface area contributed by atoms with E-state index in [4.69, 9.17) is 10.5 Å². The molecule has 0 radical (unpaired) electrons. The van der Waals surface area contributed by atoms with E-state index in [2.05, 4.69) is 17.4 Å². The van der Waals surface area contributed by atoms with E-state index in [9.17, 15) is 4.79 Å². The number of carbonyl (C=O) groups excluding carboxylic acids is 1. The highest BCUT2D eigenvalue weighted by Gasteiger charge is 2.02. The number of aryl methyl sites for hydroxylation is 1. The minimum absolute atomic E-state index is 0.399. The zero-order valence-corrected chi connectivity index (χ0v) is 11.2. The first-order valence-corrected chi connectivity index (χ1v) is 6.57. The molecule has 0 unspecified atom stereocenters. The Kier molecular flexibility index (Phi) is 5.00. The highest BCUT2D eigenvalue weighted by atomic mass is 16.5. The number of nitrogens with two attached hydrogens (primary N) is 1. The van der Waals surface area contributed by atoms with Gasteiger partial charge in [0.05, 0.1) is 6.61 Å². The molecule has 0 saturated carbocycles. The lowest BCUT2D eigenvalue weighted by molar-refractivity contribution is 0.160. The van der Waals surface area contributed by atoms with E-state index < -0.39 is 6.09 Å². The zero-order valence-electron chi connectivity index (χ0n) is 11.2. The van der Waals surface area contributed by atoms with Gasteiger partial charge < -0.3 is 10.5 Å². The van der Waals surface area contributed by atoms with Gasteiger partial charge in [0.25, 0.3) is 0 Å². The Morgan fingerprint density at radius 2 is 1.75 bits per heavy atom. The topological polar surface area (TPSA) is 64.3 Å². The van der Waals surface area contributed by atoms with Crippen molar-refractivity contribution in [3.8, 4) is 0 Å². The highest BCUT2D eigenvalue weighted by molar-refractivity contribution is 5.84. The maximum Gasteiger partial charge on any atom is 0.411 e. The normalized spacial score (nSPS) is 10.0. The van der Waals surface area contributed by atoms with Crippen LogP contribution in [0, 0.1) is 0 Å². The maximum absolute atomic E-state index is 11.5. The molecule has 0 atom stereocenters. The van der Waals surface area contributed by atoms with Gasteiger partial charge in [-0.05, 0) is 42.7 Å². The summed E-state index contributed by atoms with van der Waals surface area (Å²) in [4.78, 5) is 11.5. The van der Waals surface area contributed by atoms with Crippen LogP contribution in [0.25, 0.3) is 0 Å². The number of carbonyl (C=O) groups is 1. The Hall–Kier alpha value is -2.49. The van der Waals surface area contributed by atoms with Crippen LogP contribution in [0.4, 0.5) is 16.2 Å². The van der Waals surface area contributed by atoms with E-state index >= 15 is 0 Å². The molecule has 0 aromatic heterocycles. The number of hydrogen-bond acceptors (Lipinski definition) is 3. The number of nitrogen functional groups attached to an aromatic ring is 1. The molecule has 0 spiro atoms. The number of ether oxygens (including phenoxy) is 1. The molecule has 104 valence electrons. The molecule has 0 aliphatic carbocycles. The van der Waals surface area contributed by atoms with Gasteiger partial charge in [0.1, 0.15) is 0 Å². The third-order valence-electron chi connectivity index (χ3n) is 2.84. The molecule has 2 aromatic carbocycles. The van der Waals surface area contributed by atoms with Gasteiger partial charge in [-0.3, -0.25) is 5.32 Å². The van der Waals surface area contributed by atoms with Gasteiger partial charge >= 0.3 is 6.09 Å². The molecule has 0 heterocycles. The van der Waals surface area contributed by atoms with E-state index in [0.717, 1.165) is 12.8 Å². The van der Waals surface area contributed by atoms with Crippen molar-refractivity contribution < 1.29 is 9.53 Å².